The molecule has 33 heavy (non-hydrogen) atoms. The molecule has 4 aromatic rings. The van der Waals surface area contributed by atoms with Gasteiger partial charge in [-0.25, -0.2) is 9.37 Å². The Balaban J connectivity index is 1.71. The number of fused-ring (bicyclic) bond motifs is 1. The molecule has 5 rings (SSSR count). The van der Waals surface area contributed by atoms with E-state index in [1.165, 1.54) is 52.9 Å². The number of hydrogen-bond acceptors (Lipinski definition) is 7. The van der Waals surface area contributed by atoms with Gasteiger partial charge in [0.1, 0.15) is 17.3 Å². The normalized spacial score (nSPS) is 17.6. The van der Waals surface area contributed by atoms with Crippen LogP contribution < -0.4 is 9.64 Å². The zero-order chi connectivity index (χ0) is 23.1. The molecule has 2 aromatic carbocycles. The molecule has 1 aliphatic heterocycles. The van der Waals surface area contributed by atoms with Crippen molar-refractivity contribution in [3.63, 3.8) is 0 Å². The van der Waals surface area contributed by atoms with Gasteiger partial charge in [-0.3, -0.25) is 19.5 Å². The lowest BCUT2D eigenvalue weighted by Crippen LogP contribution is -2.29. The number of ether oxygens (including phenoxy) is 1. The highest BCUT2D eigenvalue weighted by Gasteiger charge is 2.48. The lowest BCUT2D eigenvalue weighted by atomic mass is 9.96. The van der Waals surface area contributed by atoms with Crippen LogP contribution in [-0.2, 0) is 9.59 Å². The van der Waals surface area contributed by atoms with E-state index in [2.05, 4.69) is 9.97 Å². The highest BCUT2D eigenvalue weighted by Crippen LogP contribution is 2.44. The summed E-state index contributed by atoms with van der Waals surface area (Å²) in [5.74, 6) is -1.90. The van der Waals surface area contributed by atoms with E-state index < -0.39 is 23.5 Å². The molecule has 3 heterocycles. The number of carbonyl (C=O) groups is 2. The van der Waals surface area contributed by atoms with Crippen molar-refractivity contribution in [3.05, 3.63) is 89.5 Å². The van der Waals surface area contributed by atoms with Gasteiger partial charge in [-0.2, -0.15) is 0 Å². The van der Waals surface area contributed by atoms with Crippen LogP contribution in [0.2, 0.25) is 0 Å². The van der Waals surface area contributed by atoms with Crippen molar-refractivity contribution in [2.24, 2.45) is 0 Å². The summed E-state index contributed by atoms with van der Waals surface area (Å²) >= 11 is 1.23. The van der Waals surface area contributed by atoms with Gasteiger partial charge >= 0.3 is 5.91 Å². The first-order valence-electron chi connectivity index (χ1n) is 9.89. The van der Waals surface area contributed by atoms with Crippen molar-refractivity contribution in [2.75, 3.05) is 12.0 Å². The number of benzene rings is 2. The Kier molecular flexibility index (Phi) is 5.10. The number of nitrogens with zero attached hydrogens (tertiary/aromatic N) is 3. The minimum atomic E-state index is -0.930. The molecular formula is C24H16FN3O4S. The Hall–Kier alpha value is -4.11. The number of rotatable bonds is 4. The van der Waals surface area contributed by atoms with Crippen molar-refractivity contribution in [1.82, 2.24) is 9.97 Å². The molecule has 1 fully saturated rings. The van der Waals surface area contributed by atoms with Crippen molar-refractivity contribution >= 4 is 44.1 Å². The molecular weight excluding hydrogens is 445 g/mol. The molecule has 7 nitrogen and oxygen atoms in total. The number of carbonyl (C=O) groups excluding carboxylic acids is 2. The maximum atomic E-state index is 13.4. The second kappa shape index (κ2) is 8.10. The Morgan fingerprint density at radius 2 is 1.82 bits per heavy atom. The third-order valence-corrected chi connectivity index (χ3v) is 6.39. The van der Waals surface area contributed by atoms with E-state index in [0.29, 0.717) is 22.0 Å². The first-order chi connectivity index (χ1) is 16.0. The van der Waals surface area contributed by atoms with Gasteiger partial charge in [-0.15, -0.1) is 0 Å². The van der Waals surface area contributed by atoms with E-state index >= 15 is 0 Å². The highest BCUT2D eigenvalue weighted by atomic mass is 32.1. The van der Waals surface area contributed by atoms with E-state index in [0.717, 1.165) is 4.70 Å². The summed E-state index contributed by atoms with van der Waals surface area (Å²) in [5, 5.41) is 11.3. The van der Waals surface area contributed by atoms with Crippen LogP contribution in [0, 0.1) is 5.82 Å². The van der Waals surface area contributed by atoms with Crippen LogP contribution in [0.15, 0.2) is 72.6 Å². The fourth-order valence-electron chi connectivity index (χ4n) is 3.78. The minimum absolute atomic E-state index is 0.102. The van der Waals surface area contributed by atoms with E-state index in [9.17, 15) is 19.1 Å². The Bertz CT molecular complexity index is 1420. The number of hydrogen-bond donors (Lipinski definition) is 1. The average molecular weight is 461 g/mol. The number of aromatic nitrogens is 2. The number of aliphatic hydroxyl groups is 1. The fourth-order valence-corrected chi connectivity index (χ4v) is 4.80. The minimum Gasteiger partial charge on any atom is -0.507 e. The molecule has 1 N–H and O–H groups in total. The zero-order valence-corrected chi connectivity index (χ0v) is 18.0. The van der Waals surface area contributed by atoms with Gasteiger partial charge in [-0.05, 0) is 60.2 Å². The van der Waals surface area contributed by atoms with E-state index in [1.807, 2.05) is 0 Å². The van der Waals surface area contributed by atoms with E-state index in [4.69, 9.17) is 4.74 Å². The molecule has 1 amide bonds. The van der Waals surface area contributed by atoms with Gasteiger partial charge in [0.15, 0.2) is 5.13 Å². The number of halogens is 1. The summed E-state index contributed by atoms with van der Waals surface area (Å²) in [6.07, 6.45) is 3.08. The van der Waals surface area contributed by atoms with Crippen LogP contribution in [0.3, 0.4) is 0 Å². The maximum Gasteiger partial charge on any atom is 0.301 e. The van der Waals surface area contributed by atoms with E-state index in [1.54, 1.807) is 37.4 Å². The quantitative estimate of drug-likeness (QED) is 0.274. The average Bonchev–Trinajstić information content (AvgIpc) is 3.37. The summed E-state index contributed by atoms with van der Waals surface area (Å²) < 4.78 is 19.4. The molecule has 0 bridgehead atoms. The number of amides is 1. The molecule has 0 saturated carbocycles. The second-order valence-electron chi connectivity index (χ2n) is 7.29. The number of ketones is 1. The summed E-state index contributed by atoms with van der Waals surface area (Å²) in [6, 6.07) is 12.8. The maximum absolute atomic E-state index is 13.4. The van der Waals surface area contributed by atoms with Crippen LogP contribution in [0.4, 0.5) is 9.52 Å². The predicted octanol–water partition coefficient (Wildman–Crippen LogP) is 4.47. The first kappa shape index (κ1) is 20.8. The number of aliphatic hydroxyl groups excluding tert-OH is 1. The van der Waals surface area contributed by atoms with Crippen molar-refractivity contribution in [1.29, 1.82) is 0 Å². The number of pyridine rings is 1. The lowest BCUT2D eigenvalue weighted by Gasteiger charge is -2.22. The molecule has 0 radical (unpaired) electrons. The largest absolute Gasteiger partial charge is 0.507 e. The first-order valence-corrected chi connectivity index (χ1v) is 10.7. The monoisotopic (exact) mass is 461 g/mol. The van der Waals surface area contributed by atoms with Crippen molar-refractivity contribution < 1.29 is 23.8 Å². The molecule has 2 aromatic heterocycles. The molecule has 9 heteroatoms. The van der Waals surface area contributed by atoms with Crippen LogP contribution in [0.25, 0.3) is 16.0 Å². The van der Waals surface area contributed by atoms with E-state index in [-0.39, 0.29) is 16.9 Å². The summed E-state index contributed by atoms with van der Waals surface area (Å²) in [7, 11) is 1.56. The van der Waals surface area contributed by atoms with Gasteiger partial charge in [0.2, 0.25) is 0 Å². The molecule has 0 spiro atoms. The molecule has 164 valence electrons. The predicted molar refractivity (Wildman–Crippen MR) is 122 cm³/mol. The SMILES string of the molecule is COc1ccc2nc(N3C(=O)C(=O)C(=C(O)c4ccc(F)cc4)C3c3ccncc3)sc2c1. The number of thiazole rings is 1. The van der Waals surface area contributed by atoms with Gasteiger partial charge in [0.25, 0.3) is 5.78 Å². The molecule has 1 saturated heterocycles. The molecule has 0 aliphatic carbocycles. The standard InChI is InChI=1S/C24H16FN3O4S/c1-32-16-6-7-17-18(12-16)33-24(27-17)28-20(13-8-10-26-11-9-13)19(22(30)23(28)31)21(29)14-2-4-15(25)5-3-14/h2-12,20,29H,1H3. The van der Waals surface area contributed by atoms with Crippen LogP contribution in [-0.4, -0.2) is 33.9 Å². The highest BCUT2D eigenvalue weighted by molar-refractivity contribution is 7.22. The summed E-state index contributed by atoms with van der Waals surface area (Å²) in [4.78, 5) is 36.2. The molecule has 1 unspecified atom stereocenters. The Morgan fingerprint density at radius 3 is 2.52 bits per heavy atom. The van der Waals surface area contributed by atoms with Gasteiger partial charge in [0, 0.05) is 18.0 Å². The number of methoxy groups -OCH3 is 1. The summed E-state index contributed by atoms with van der Waals surface area (Å²) in [5.41, 5.74) is 1.34. The topological polar surface area (TPSA) is 92.6 Å². The third kappa shape index (κ3) is 3.52. The van der Waals surface area contributed by atoms with Crippen molar-refractivity contribution in [3.8, 4) is 5.75 Å². The second-order valence-corrected chi connectivity index (χ2v) is 8.30. The fraction of sp³-hybridized carbons (Fsp3) is 0.0833. The van der Waals surface area contributed by atoms with Crippen molar-refractivity contribution in [2.45, 2.75) is 6.04 Å². The van der Waals surface area contributed by atoms with Crippen LogP contribution in [0.5, 0.6) is 5.75 Å². The van der Waals surface area contributed by atoms with Crippen LogP contribution in [0.1, 0.15) is 17.2 Å². The van der Waals surface area contributed by atoms with Gasteiger partial charge in [0.05, 0.1) is 28.9 Å². The molecule has 1 atom stereocenters. The lowest BCUT2D eigenvalue weighted by molar-refractivity contribution is -0.132. The Labute approximate surface area is 191 Å². The summed E-state index contributed by atoms with van der Waals surface area (Å²) in [6.45, 7) is 0. The van der Waals surface area contributed by atoms with Gasteiger partial charge in [-0.1, -0.05) is 11.3 Å². The third-order valence-electron chi connectivity index (χ3n) is 5.37. The molecule has 1 aliphatic rings. The number of anilines is 1. The van der Waals surface area contributed by atoms with Gasteiger partial charge < -0.3 is 9.84 Å². The smallest absolute Gasteiger partial charge is 0.301 e. The zero-order valence-electron chi connectivity index (χ0n) is 17.2. The number of Topliss-reactive ketones (excluding diaryl/α,β-unsaturated/α-hetero) is 1. The Morgan fingerprint density at radius 1 is 1.09 bits per heavy atom. The van der Waals surface area contributed by atoms with Crippen LogP contribution >= 0.6 is 11.3 Å².